The summed E-state index contributed by atoms with van der Waals surface area (Å²) in [6.07, 6.45) is 2.70. The van der Waals surface area contributed by atoms with Crippen molar-refractivity contribution in [3.05, 3.63) is 150 Å². The summed E-state index contributed by atoms with van der Waals surface area (Å²) in [6.45, 7) is 0. The minimum atomic E-state index is -5.77. The number of hydrogen-bond donors (Lipinski definition) is 0. The van der Waals surface area contributed by atoms with Gasteiger partial charge in [0.05, 0.1) is 11.1 Å². The summed E-state index contributed by atoms with van der Waals surface area (Å²) in [5.74, 6) is -25.8. The van der Waals surface area contributed by atoms with E-state index in [9.17, 15) is 34.8 Å². The molecule has 4 aromatic carbocycles. The summed E-state index contributed by atoms with van der Waals surface area (Å²) in [6, 6.07) is 11.2. The predicted octanol–water partition coefficient (Wildman–Crippen LogP) is 10.2. The molecule has 0 saturated carbocycles. The Kier molecular flexibility index (Phi) is 10.3. The first-order chi connectivity index (χ1) is 21.1. The Bertz CT molecular complexity index is 1750. The van der Waals surface area contributed by atoms with Crippen molar-refractivity contribution in [2.24, 2.45) is 0 Å². The predicted molar refractivity (Wildman–Crippen MR) is 153 cm³/mol. The van der Waals surface area contributed by atoms with E-state index < -0.39 is 89.6 Å². The van der Waals surface area contributed by atoms with Crippen molar-refractivity contribution >= 4 is 53.8 Å². The van der Waals surface area contributed by atoms with Crippen molar-refractivity contribution in [3.8, 4) is 0 Å². The molecule has 236 valence electrons. The molecule has 4 aromatic rings. The molecule has 2 atom stereocenters. The Hall–Kier alpha value is -3.43. The van der Waals surface area contributed by atoms with Gasteiger partial charge in [0.25, 0.3) is 0 Å². The van der Waals surface area contributed by atoms with Crippen molar-refractivity contribution in [2.75, 3.05) is 0 Å². The molecular weight excluding hydrogens is 774 g/mol. The highest BCUT2D eigenvalue weighted by molar-refractivity contribution is 9.10. The maximum Gasteiger partial charge on any atom is 0.200 e. The van der Waals surface area contributed by atoms with Gasteiger partial charge >= 0.3 is 0 Å². The fraction of sp³-hybridized carbons (Fsp3) is 0.0667. The maximum atomic E-state index is 15.1. The fourth-order valence-corrected chi connectivity index (χ4v) is 6.70. The van der Waals surface area contributed by atoms with Crippen LogP contribution in [0.25, 0.3) is 12.2 Å². The van der Waals surface area contributed by atoms with Crippen LogP contribution in [0.5, 0.6) is 0 Å². The number of rotatable bonds is 8. The fourth-order valence-electron chi connectivity index (χ4n) is 4.19. The first kappa shape index (κ1) is 34.4. The van der Waals surface area contributed by atoms with E-state index in [4.69, 9.17) is 0 Å². The van der Waals surface area contributed by atoms with E-state index >= 15 is 17.6 Å². The molecule has 0 N–H and O–H groups in total. The van der Waals surface area contributed by atoms with Crippen molar-refractivity contribution in [1.82, 2.24) is 0 Å². The van der Waals surface area contributed by atoms with Gasteiger partial charge in [-0.3, -0.25) is 0 Å². The zero-order valence-corrected chi connectivity index (χ0v) is 25.8. The van der Waals surface area contributed by atoms with Gasteiger partial charge in [0.15, 0.2) is 56.4 Å². The van der Waals surface area contributed by atoms with Gasteiger partial charge in [-0.05, 0) is 35.4 Å². The summed E-state index contributed by atoms with van der Waals surface area (Å²) in [5, 5.41) is -5.86. The zero-order valence-electron chi connectivity index (χ0n) is 21.8. The molecule has 0 fully saturated rings. The average Bonchev–Trinajstić information content (AvgIpc) is 3.01. The summed E-state index contributed by atoms with van der Waals surface area (Å²) in [7, 11) is -5.77. The smallest absolute Gasteiger partial charge is 0.200 e. The normalized spacial score (nSPS) is 13.6. The molecular formula is C30H14Br2F10O2S. The topological polar surface area (TPSA) is 34.1 Å². The molecule has 15 heteroatoms. The Morgan fingerprint density at radius 1 is 0.444 bits per heavy atom. The summed E-state index contributed by atoms with van der Waals surface area (Å²) < 4.78 is 175. The molecule has 0 aromatic heterocycles. The molecule has 0 saturated heterocycles. The Balaban J connectivity index is 2.07. The quantitative estimate of drug-likeness (QED) is 0.101. The third-order valence-electron chi connectivity index (χ3n) is 6.43. The minimum absolute atomic E-state index is 0.125. The van der Waals surface area contributed by atoms with E-state index in [0.717, 1.165) is 12.2 Å². The lowest BCUT2D eigenvalue weighted by atomic mass is 10.1. The molecule has 0 aliphatic rings. The summed E-state index contributed by atoms with van der Waals surface area (Å²) in [4.78, 5) is 0. The van der Waals surface area contributed by atoms with Crippen LogP contribution in [0.3, 0.4) is 0 Å². The van der Waals surface area contributed by atoms with Gasteiger partial charge in [-0.15, -0.1) is 0 Å². The zero-order chi connectivity index (χ0) is 33.4. The Morgan fingerprint density at radius 2 is 0.689 bits per heavy atom. The SMILES string of the molecule is O=S(=O)(C(/C=C/c1ccc(Br)cc1)c1c(F)c(F)c(F)c(F)c1F)C(/C=C/c1ccc(Br)cc1)c1c(F)c(F)c(F)c(F)c1F. The van der Waals surface area contributed by atoms with Crippen LogP contribution in [-0.4, -0.2) is 8.42 Å². The van der Waals surface area contributed by atoms with Crippen molar-refractivity contribution in [2.45, 2.75) is 10.5 Å². The number of halogens is 12. The van der Waals surface area contributed by atoms with Crippen LogP contribution in [0.4, 0.5) is 43.9 Å². The highest BCUT2D eigenvalue weighted by Crippen LogP contribution is 2.43. The molecule has 0 aliphatic carbocycles. The molecule has 0 heterocycles. The van der Waals surface area contributed by atoms with Gasteiger partial charge in [0.1, 0.15) is 10.5 Å². The second kappa shape index (κ2) is 13.5. The van der Waals surface area contributed by atoms with Crippen LogP contribution >= 0.6 is 31.9 Å². The molecule has 0 aliphatic heterocycles. The summed E-state index contributed by atoms with van der Waals surface area (Å²) in [5.41, 5.74) is -3.66. The van der Waals surface area contributed by atoms with Gasteiger partial charge < -0.3 is 0 Å². The van der Waals surface area contributed by atoms with Crippen molar-refractivity contribution < 1.29 is 52.3 Å². The minimum Gasteiger partial charge on any atom is -0.227 e. The number of sulfone groups is 1. The second-order valence-corrected chi connectivity index (χ2v) is 13.2. The van der Waals surface area contributed by atoms with Crippen LogP contribution in [-0.2, 0) is 9.84 Å². The first-order valence-corrected chi connectivity index (χ1v) is 15.4. The number of hydrogen-bond acceptors (Lipinski definition) is 2. The molecule has 0 amide bonds. The Morgan fingerprint density at radius 3 is 0.956 bits per heavy atom. The van der Waals surface area contributed by atoms with Crippen LogP contribution in [0.15, 0.2) is 69.6 Å². The van der Waals surface area contributed by atoms with Crippen molar-refractivity contribution in [3.63, 3.8) is 0 Å². The van der Waals surface area contributed by atoms with E-state index in [-0.39, 0.29) is 11.1 Å². The van der Waals surface area contributed by atoms with E-state index in [2.05, 4.69) is 31.9 Å². The molecule has 2 unspecified atom stereocenters. The lowest BCUT2D eigenvalue weighted by Crippen LogP contribution is -2.25. The van der Waals surface area contributed by atoms with E-state index in [1.54, 1.807) is 0 Å². The highest BCUT2D eigenvalue weighted by Gasteiger charge is 2.43. The van der Waals surface area contributed by atoms with Crippen LogP contribution in [0.2, 0.25) is 0 Å². The number of benzene rings is 4. The van der Waals surface area contributed by atoms with Crippen LogP contribution in [0, 0.1) is 58.2 Å². The largest absolute Gasteiger partial charge is 0.227 e. The second-order valence-electron chi connectivity index (χ2n) is 9.22. The van der Waals surface area contributed by atoms with Gasteiger partial charge in [-0.1, -0.05) is 80.4 Å². The van der Waals surface area contributed by atoms with Crippen LogP contribution < -0.4 is 0 Å². The molecule has 4 rings (SSSR count). The van der Waals surface area contributed by atoms with Gasteiger partial charge in [0.2, 0.25) is 11.6 Å². The lowest BCUT2D eigenvalue weighted by Gasteiger charge is -2.23. The molecule has 0 bridgehead atoms. The van der Waals surface area contributed by atoms with Gasteiger partial charge in [-0.25, -0.2) is 52.3 Å². The van der Waals surface area contributed by atoms with E-state index in [0.29, 0.717) is 21.1 Å². The standard InChI is InChI=1S/C30H14Br2F10O2S/c31-15-7-1-13(2-8-15)5-11-17(19-21(33)25(37)29(41)26(38)22(19)34)45(43,44)18(12-6-14-3-9-16(32)10-4-14)20-23(35)27(39)30(42)28(40)24(20)36/h1-12,17-18H/b11-5+,12-6+. The molecule has 2 nitrogen and oxygen atoms in total. The summed E-state index contributed by atoms with van der Waals surface area (Å²) >= 11 is 6.29. The van der Waals surface area contributed by atoms with Gasteiger partial charge in [0, 0.05) is 8.95 Å². The Labute approximate surface area is 265 Å². The third-order valence-corrected chi connectivity index (χ3v) is 9.69. The molecule has 45 heavy (non-hydrogen) atoms. The van der Waals surface area contributed by atoms with Crippen molar-refractivity contribution in [1.29, 1.82) is 0 Å². The lowest BCUT2D eigenvalue weighted by molar-refractivity contribution is 0.369. The maximum absolute atomic E-state index is 15.1. The highest BCUT2D eigenvalue weighted by atomic mass is 79.9. The van der Waals surface area contributed by atoms with E-state index in [1.165, 1.54) is 48.5 Å². The van der Waals surface area contributed by atoms with Gasteiger partial charge in [-0.2, -0.15) is 0 Å². The first-order valence-electron chi connectivity index (χ1n) is 12.2. The average molecular weight is 788 g/mol. The molecule has 0 radical (unpaired) electrons. The van der Waals surface area contributed by atoms with E-state index in [1.807, 2.05) is 0 Å². The molecule has 0 spiro atoms. The third kappa shape index (κ3) is 6.75. The van der Waals surface area contributed by atoms with Crippen LogP contribution in [0.1, 0.15) is 32.8 Å². The monoisotopic (exact) mass is 786 g/mol.